The third-order valence-electron chi connectivity index (χ3n) is 1.79. The summed E-state index contributed by atoms with van der Waals surface area (Å²) >= 11 is 19.3. The summed E-state index contributed by atoms with van der Waals surface area (Å²) in [7, 11) is 0. The topological polar surface area (TPSA) is 47.6 Å². The Bertz CT molecular complexity index is 515. The lowest BCUT2D eigenvalue weighted by molar-refractivity contribution is 1.35. The lowest BCUT2D eigenvalue weighted by Gasteiger charge is -2.10. The molecule has 0 bridgehead atoms. The van der Waals surface area contributed by atoms with Crippen LogP contribution in [-0.2, 0) is 0 Å². The maximum absolute atomic E-state index is 8.94. The van der Waals surface area contributed by atoms with Gasteiger partial charge in [0, 0.05) is 4.90 Å². The molecular formula is C10H5Cl3N2S. The van der Waals surface area contributed by atoms with E-state index in [0.29, 0.717) is 4.90 Å². The Morgan fingerprint density at radius 1 is 1.00 bits per heavy atom. The van der Waals surface area contributed by atoms with Gasteiger partial charge < -0.3 is 0 Å². The van der Waals surface area contributed by atoms with Crippen LogP contribution in [0.25, 0.3) is 0 Å². The van der Waals surface area contributed by atoms with Crippen molar-refractivity contribution in [2.45, 2.75) is 11.8 Å². The van der Waals surface area contributed by atoms with Crippen LogP contribution in [0.5, 0.6) is 0 Å². The predicted molar refractivity (Wildman–Crippen MR) is 67.3 cm³/mol. The minimum absolute atomic E-state index is 0.0274. The Balaban J connectivity index is 3.66. The first-order chi connectivity index (χ1) is 7.58. The van der Waals surface area contributed by atoms with Crippen LogP contribution in [0.15, 0.2) is 4.90 Å². The van der Waals surface area contributed by atoms with Crippen molar-refractivity contribution in [3.8, 4) is 12.1 Å². The van der Waals surface area contributed by atoms with Crippen molar-refractivity contribution < 1.29 is 0 Å². The Labute approximate surface area is 113 Å². The van der Waals surface area contributed by atoms with Gasteiger partial charge >= 0.3 is 0 Å². The summed E-state index contributed by atoms with van der Waals surface area (Å²) in [6, 6.07) is 3.70. The standard InChI is InChI=1S/C10H5Cl3N2S/c1-2-16-10-8(12)6(4-15)5(3-14)7(11)9(10)13/h2H2,1H3. The molecule has 0 radical (unpaired) electrons. The SMILES string of the molecule is CCSc1c(Cl)c(Cl)c(C#N)c(C#N)c1Cl. The number of thioether (sulfide) groups is 1. The summed E-state index contributed by atoms with van der Waals surface area (Å²) < 4.78 is 0. The van der Waals surface area contributed by atoms with Gasteiger partial charge in [0.05, 0.1) is 26.2 Å². The third kappa shape index (κ3) is 2.24. The normalized spacial score (nSPS) is 9.62. The monoisotopic (exact) mass is 290 g/mol. The molecule has 1 aromatic carbocycles. The molecule has 2 nitrogen and oxygen atoms in total. The van der Waals surface area contributed by atoms with E-state index in [4.69, 9.17) is 45.3 Å². The fourth-order valence-electron chi connectivity index (χ4n) is 1.12. The van der Waals surface area contributed by atoms with E-state index in [2.05, 4.69) is 0 Å². The van der Waals surface area contributed by atoms with Crippen molar-refractivity contribution in [2.24, 2.45) is 0 Å². The van der Waals surface area contributed by atoms with Crippen LogP contribution in [0.4, 0.5) is 0 Å². The van der Waals surface area contributed by atoms with Gasteiger partial charge in [0.25, 0.3) is 0 Å². The highest BCUT2D eigenvalue weighted by Gasteiger charge is 2.20. The molecule has 0 atom stereocenters. The van der Waals surface area contributed by atoms with Crippen LogP contribution in [-0.4, -0.2) is 5.75 Å². The van der Waals surface area contributed by atoms with Gasteiger partial charge in [-0.2, -0.15) is 10.5 Å². The summed E-state index contributed by atoms with van der Waals surface area (Å²) in [5.74, 6) is 0.743. The average Bonchev–Trinajstić information content (AvgIpc) is 2.29. The van der Waals surface area contributed by atoms with Crippen LogP contribution in [0.3, 0.4) is 0 Å². The number of rotatable bonds is 2. The van der Waals surface area contributed by atoms with Crippen molar-refractivity contribution in [3.05, 3.63) is 26.2 Å². The Hall–Kier alpha value is -0.580. The Morgan fingerprint density at radius 2 is 1.50 bits per heavy atom. The second-order valence-corrected chi connectivity index (χ2v) is 5.09. The third-order valence-corrected chi connectivity index (χ3v) is 4.23. The van der Waals surface area contributed by atoms with Gasteiger partial charge in [-0.1, -0.05) is 41.7 Å². The quantitative estimate of drug-likeness (QED) is 0.595. The van der Waals surface area contributed by atoms with E-state index < -0.39 is 0 Å². The van der Waals surface area contributed by atoms with Crippen LogP contribution in [0, 0.1) is 22.7 Å². The lowest BCUT2D eigenvalue weighted by Crippen LogP contribution is -1.92. The molecule has 1 rings (SSSR count). The minimum atomic E-state index is 0.0274. The number of hydrogen-bond donors (Lipinski definition) is 0. The zero-order valence-corrected chi connectivity index (χ0v) is 11.2. The number of hydrogen-bond acceptors (Lipinski definition) is 3. The molecule has 0 aliphatic rings. The molecule has 82 valence electrons. The van der Waals surface area contributed by atoms with Crippen molar-refractivity contribution in [1.29, 1.82) is 10.5 Å². The summed E-state index contributed by atoms with van der Waals surface area (Å²) in [5.41, 5.74) is 0.106. The highest BCUT2D eigenvalue weighted by Crippen LogP contribution is 2.42. The van der Waals surface area contributed by atoms with Gasteiger partial charge in [0.15, 0.2) is 0 Å². The summed E-state index contributed by atoms with van der Waals surface area (Å²) in [5, 5.41) is 18.3. The minimum Gasteiger partial charge on any atom is -0.192 e. The maximum Gasteiger partial charge on any atom is 0.102 e. The largest absolute Gasteiger partial charge is 0.192 e. The molecule has 0 aliphatic carbocycles. The van der Waals surface area contributed by atoms with Crippen molar-refractivity contribution in [2.75, 3.05) is 5.75 Å². The van der Waals surface area contributed by atoms with Gasteiger partial charge in [-0.05, 0) is 5.75 Å². The molecule has 0 amide bonds. The van der Waals surface area contributed by atoms with E-state index >= 15 is 0 Å². The van der Waals surface area contributed by atoms with Crippen LogP contribution >= 0.6 is 46.6 Å². The fourth-order valence-corrected chi connectivity index (χ4v) is 2.95. The molecule has 0 saturated heterocycles. The van der Waals surface area contributed by atoms with Crippen LogP contribution in [0.1, 0.15) is 18.1 Å². The summed E-state index contributed by atoms with van der Waals surface area (Å²) in [6.45, 7) is 1.93. The van der Waals surface area contributed by atoms with E-state index in [-0.39, 0.29) is 26.2 Å². The lowest BCUT2D eigenvalue weighted by atomic mass is 10.1. The van der Waals surface area contributed by atoms with Gasteiger partial charge in [0.2, 0.25) is 0 Å². The van der Waals surface area contributed by atoms with E-state index in [1.54, 1.807) is 0 Å². The molecule has 0 N–H and O–H groups in total. The summed E-state index contributed by atoms with van der Waals surface area (Å²) in [4.78, 5) is 0.548. The predicted octanol–water partition coefficient (Wildman–Crippen LogP) is 4.50. The van der Waals surface area contributed by atoms with Crippen LogP contribution in [0.2, 0.25) is 15.1 Å². The zero-order valence-electron chi connectivity index (χ0n) is 8.14. The molecule has 0 heterocycles. The molecule has 0 fully saturated rings. The second-order valence-electron chi connectivity index (χ2n) is 2.68. The smallest absolute Gasteiger partial charge is 0.102 e. The number of nitrogens with zero attached hydrogens (tertiary/aromatic N) is 2. The number of nitriles is 2. The first-order valence-corrected chi connectivity index (χ1v) is 6.33. The van der Waals surface area contributed by atoms with Gasteiger partial charge in [-0.15, -0.1) is 11.8 Å². The summed E-state index contributed by atoms with van der Waals surface area (Å²) in [6.07, 6.45) is 0. The van der Waals surface area contributed by atoms with Crippen molar-refractivity contribution in [1.82, 2.24) is 0 Å². The van der Waals surface area contributed by atoms with E-state index in [1.165, 1.54) is 11.8 Å². The van der Waals surface area contributed by atoms with Gasteiger partial charge in [-0.25, -0.2) is 0 Å². The first-order valence-electron chi connectivity index (χ1n) is 4.21. The first kappa shape index (κ1) is 13.5. The fraction of sp³-hybridized carbons (Fsp3) is 0.200. The highest BCUT2D eigenvalue weighted by molar-refractivity contribution is 7.99. The van der Waals surface area contributed by atoms with Crippen LogP contribution < -0.4 is 0 Å². The molecular weight excluding hydrogens is 287 g/mol. The molecule has 0 aliphatic heterocycles. The van der Waals surface area contributed by atoms with Gasteiger partial charge in [0.1, 0.15) is 12.1 Å². The Morgan fingerprint density at radius 3 is 1.94 bits per heavy atom. The molecule has 0 unspecified atom stereocenters. The molecule has 6 heteroatoms. The molecule has 0 spiro atoms. The molecule has 0 aromatic heterocycles. The molecule has 0 saturated carbocycles. The average molecular weight is 292 g/mol. The number of halogens is 3. The van der Waals surface area contributed by atoms with Crippen molar-refractivity contribution >= 4 is 46.6 Å². The molecule has 16 heavy (non-hydrogen) atoms. The van der Waals surface area contributed by atoms with Gasteiger partial charge in [-0.3, -0.25) is 0 Å². The number of benzene rings is 1. The Kier molecular flexibility index (Phi) is 4.77. The van der Waals surface area contributed by atoms with E-state index in [1.807, 2.05) is 19.1 Å². The van der Waals surface area contributed by atoms with E-state index in [9.17, 15) is 0 Å². The van der Waals surface area contributed by atoms with Crippen molar-refractivity contribution in [3.63, 3.8) is 0 Å². The highest BCUT2D eigenvalue weighted by atomic mass is 35.5. The second kappa shape index (κ2) is 5.66. The maximum atomic E-state index is 8.94. The molecule has 1 aromatic rings. The van der Waals surface area contributed by atoms with E-state index in [0.717, 1.165) is 5.75 Å². The zero-order chi connectivity index (χ0) is 12.3.